The van der Waals surface area contributed by atoms with E-state index in [4.69, 9.17) is 4.74 Å². The first kappa shape index (κ1) is 15.3. The number of aromatic amines is 1. The summed E-state index contributed by atoms with van der Waals surface area (Å²) in [6.45, 7) is 2.17. The van der Waals surface area contributed by atoms with Crippen molar-refractivity contribution in [1.29, 1.82) is 0 Å². The molecule has 108 valence electrons. The summed E-state index contributed by atoms with van der Waals surface area (Å²) >= 11 is 6.47. The van der Waals surface area contributed by atoms with E-state index in [0.717, 1.165) is 4.47 Å². The van der Waals surface area contributed by atoms with Crippen LogP contribution in [0.2, 0.25) is 0 Å². The number of H-pyrrole nitrogens is 1. The van der Waals surface area contributed by atoms with Crippen molar-refractivity contribution in [3.8, 4) is 6.01 Å². The van der Waals surface area contributed by atoms with E-state index in [9.17, 15) is 8.42 Å². The molecule has 0 aliphatic carbocycles. The smallest absolute Gasteiger partial charge is 0.337 e. The molecule has 0 amide bonds. The third-order valence-electron chi connectivity index (χ3n) is 2.15. The van der Waals surface area contributed by atoms with E-state index in [1.54, 1.807) is 19.1 Å². The number of benzene rings is 1. The van der Waals surface area contributed by atoms with Gasteiger partial charge in [-0.05, 0) is 41.1 Å². The Morgan fingerprint density at radius 3 is 2.80 bits per heavy atom. The number of nitrogens with one attached hydrogen (secondary N) is 2. The molecule has 0 atom stereocenters. The number of anilines is 1. The van der Waals surface area contributed by atoms with Crippen LogP contribution >= 0.6 is 31.9 Å². The van der Waals surface area contributed by atoms with Gasteiger partial charge in [0.2, 0.25) is 5.95 Å². The average Bonchev–Trinajstić information content (AvgIpc) is 2.75. The summed E-state index contributed by atoms with van der Waals surface area (Å²) in [7, 11) is -3.77. The Morgan fingerprint density at radius 1 is 1.40 bits per heavy atom. The number of sulfonamides is 1. The monoisotopic (exact) mass is 424 g/mol. The van der Waals surface area contributed by atoms with Crippen LogP contribution < -0.4 is 9.46 Å². The van der Waals surface area contributed by atoms with E-state index < -0.39 is 10.0 Å². The fraction of sp³-hybridized carbons (Fsp3) is 0.200. The van der Waals surface area contributed by atoms with Crippen LogP contribution in [0.3, 0.4) is 0 Å². The van der Waals surface area contributed by atoms with Crippen LogP contribution in [0.25, 0.3) is 0 Å². The van der Waals surface area contributed by atoms with Gasteiger partial charge in [0.25, 0.3) is 10.0 Å². The fourth-order valence-electron chi connectivity index (χ4n) is 1.36. The predicted octanol–water partition coefficient (Wildman–Crippen LogP) is 2.53. The summed E-state index contributed by atoms with van der Waals surface area (Å²) in [4.78, 5) is 3.95. The van der Waals surface area contributed by atoms with E-state index in [1.807, 2.05) is 0 Å². The zero-order valence-electron chi connectivity index (χ0n) is 10.2. The Kier molecular flexibility index (Phi) is 4.66. The van der Waals surface area contributed by atoms with Crippen LogP contribution in [-0.2, 0) is 10.0 Å². The van der Waals surface area contributed by atoms with Gasteiger partial charge in [-0.2, -0.15) is 4.98 Å². The largest absolute Gasteiger partial charge is 0.463 e. The third-order valence-corrected chi connectivity index (χ3v) is 4.96. The molecule has 1 aromatic heterocycles. The highest BCUT2D eigenvalue weighted by atomic mass is 79.9. The highest BCUT2D eigenvalue weighted by Crippen LogP contribution is 2.26. The number of hydrogen-bond donors (Lipinski definition) is 2. The molecule has 2 N–H and O–H groups in total. The van der Waals surface area contributed by atoms with Crippen molar-refractivity contribution in [2.45, 2.75) is 11.8 Å². The van der Waals surface area contributed by atoms with Gasteiger partial charge in [-0.3, -0.25) is 0 Å². The molecule has 0 spiro atoms. The molecule has 0 aliphatic heterocycles. The summed E-state index contributed by atoms with van der Waals surface area (Å²) in [5, 5.41) is 6.16. The first-order valence-corrected chi connectivity index (χ1v) is 8.52. The summed E-state index contributed by atoms with van der Waals surface area (Å²) in [5.74, 6) is -0.0109. The van der Waals surface area contributed by atoms with Crippen LogP contribution in [0, 0.1) is 0 Å². The van der Waals surface area contributed by atoms with Crippen molar-refractivity contribution < 1.29 is 13.2 Å². The molecule has 2 aromatic rings. The maximum absolute atomic E-state index is 12.2. The van der Waals surface area contributed by atoms with Crippen molar-refractivity contribution in [3.05, 3.63) is 27.1 Å². The summed E-state index contributed by atoms with van der Waals surface area (Å²) in [6.07, 6.45) is 0. The van der Waals surface area contributed by atoms with Gasteiger partial charge in [-0.1, -0.05) is 15.9 Å². The summed E-state index contributed by atoms with van der Waals surface area (Å²) in [6, 6.07) is 4.82. The van der Waals surface area contributed by atoms with Crippen LogP contribution in [0.15, 0.2) is 32.0 Å². The van der Waals surface area contributed by atoms with Gasteiger partial charge < -0.3 is 4.74 Å². The highest BCUT2D eigenvalue weighted by molar-refractivity contribution is 9.11. The molecule has 0 saturated heterocycles. The van der Waals surface area contributed by atoms with E-state index >= 15 is 0 Å². The lowest BCUT2D eigenvalue weighted by molar-refractivity contribution is 0.314. The van der Waals surface area contributed by atoms with Gasteiger partial charge in [-0.25, -0.2) is 18.2 Å². The molecule has 0 unspecified atom stereocenters. The minimum absolute atomic E-state index is 0.0109. The van der Waals surface area contributed by atoms with Crippen LogP contribution in [0.4, 0.5) is 5.95 Å². The lowest BCUT2D eigenvalue weighted by Crippen LogP contribution is -2.14. The normalized spacial score (nSPS) is 11.3. The van der Waals surface area contributed by atoms with Crippen LogP contribution in [-0.4, -0.2) is 30.2 Å². The topological polar surface area (TPSA) is 97.0 Å². The second-order valence-electron chi connectivity index (χ2n) is 3.58. The Labute approximate surface area is 132 Å². The Bertz CT molecular complexity index is 717. The number of hydrogen-bond acceptors (Lipinski definition) is 5. The Morgan fingerprint density at radius 2 is 2.15 bits per heavy atom. The SMILES string of the molecule is CCOc1n[nH]c(NS(=O)(=O)c2ccc(Br)cc2Br)n1. The number of halogens is 2. The standard InChI is InChI=1S/C10H10Br2N4O3S/c1-2-19-10-13-9(14-15-10)16-20(17,18)8-4-3-6(11)5-7(8)12/h3-5H,2H2,1H3,(H2,13,14,15,16). The second kappa shape index (κ2) is 6.10. The molecule has 0 bridgehead atoms. The van der Waals surface area contributed by atoms with Gasteiger partial charge in [0, 0.05) is 8.95 Å². The first-order chi connectivity index (χ1) is 9.42. The number of rotatable bonds is 5. The number of nitrogens with zero attached hydrogens (tertiary/aromatic N) is 2. The lowest BCUT2D eigenvalue weighted by atomic mass is 10.4. The summed E-state index contributed by atoms with van der Waals surface area (Å²) < 4.78 is 33.0. The number of aromatic nitrogens is 3. The molecule has 1 heterocycles. The van der Waals surface area contributed by atoms with Crippen molar-refractivity contribution in [2.75, 3.05) is 11.3 Å². The molecular formula is C10H10Br2N4O3S. The zero-order chi connectivity index (χ0) is 14.8. The van der Waals surface area contributed by atoms with E-state index in [0.29, 0.717) is 11.1 Å². The highest BCUT2D eigenvalue weighted by Gasteiger charge is 2.19. The molecule has 1 aromatic carbocycles. The Hall–Kier alpha value is -1.13. The van der Waals surface area contributed by atoms with Crippen LogP contribution in [0.5, 0.6) is 6.01 Å². The van der Waals surface area contributed by atoms with Gasteiger partial charge in [0.15, 0.2) is 0 Å². The molecule has 7 nitrogen and oxygen atoms in total. The lowest BCUT2D eigenvalue weighted by Gasteiger charge is -2.07. The average molecular weight is 426 g/mol. The molecule has 20 heavy (non-hydrogen) atoms. The molecule has 0 fully saturated rings. The maximum atomic E-state index is 12.2. The molecule has 0 radical (unpaired) electrons. The number of ether oxygens (including phenoxy) is 1. The molecule has 10 heteroatoms. The van der Waals surface area contributed by atoms with E-state index in [-0.39, 0.29) is 16.9 Å². The Balaban J connectivity index is 2.26. The minimum atomic E-state index is -3.77. The van der Waals surface area contributed by atoms with Crippen molar-refractivity contribution in [2.24, 2.45) is 0 Å². The third kappa shape index (κ3) is 3.49. The molecule has 0 aliphatic rings. The maximum Gasteiger partial charge on any atom is 0.337 e. The van der Waals surface area contributed by atoms with Gasteiger partial charge in [-0.15, -0.1) is 5.10 Å². The molecule has 2 rings (SSSR count). The van der Waals surface area contributed by atoms with Gasteiger partial charge in [0.05, 0.1) is 6.61 Å². The van der Waals surface area contributed by atoms with Crippen LogP contribution in [0.1, 0.15) is 6.92 Å². The van der Waals surface area contributed by atoms with Gasteiger partial charge >= 0.3 is 6.01 Å². The fourth-order valence-corrected chi connectivity index (χ4v) is 4.07. The zero-order valence-corrected chi connectivity index (χ0v) is 14.2. The molecular weight excluding hydrogens is 416 g/mol. The second-order valence-corrected chi connectivity index (χ2v) is 7.00. The first-order valence-electron chi connectivity index (χ1n) is 5.45. The van der Waals surface area contributed by atoms with E-state index in [2.05, 4.69) is 51.8 Å². The van der Waals surface area contributed by atoms with Crippen molar-refractivity contribution in [3.63, 3.8) is 0 Å². The molecule has 0 saturated carbocycles. The minimum Gasteiger partial charge on any atom is -0.463 e. The van der Waals surface area contributed by atoms with Crippen molar-refractivity contribution in [1.82, 2.24) is 15.2 Å². The van der Waals surface area contributed by atoms with E-state index in [1.165, 1.54) is 6.07 Å². The summed E-state index contributed by atoms with van der Waals surface area (Å²) in [5.41, 5.74) is 0. The van der Waals surface area contributed by atoms with Gasteiger partial charge in [0.1, 0.15) is 4.90 Å². The quantitative estimate of drug-likeness (QED) is 0.767. The predicted molar refractivity (Wildman–Crippen MR) is 80.2 cm³/mol. The van der Waals surface area contributed by atoms with Crippen molar-refractivity contribution >= 4 is 47.8 Å².